The van der Waals surface area contributed by atoms with Gasteiger partial charge in [-0.15, -0.1) is 12.4 Å². The van der Waals surface area contributed by atoms with E-state index < -0.39 is 11.8 Å². The van der Waals surface area contributed by atoms with Crippen molar-refractivity contribution >= 4 is 41.3 Å². The van der Waals surface area contributed by atoms with Gasteiger partial charge in [0.2, 0.25) is 5.78 Å². The number of nitrogens with one attached hydrogen (secondary N) is 2. The van der Waals surface area contributed by atoms with E-state index in [2.05, 4.69) is 15.3 Å². The monoisotopic (exact) mass is 389 g/mol. The largest absolute Gasteiger partial charge is 0.462 e. The van der Waals surface area contributed by atoms with Crippen molar-refractivity contribution in [1.29, 1.82) is 0 Å². The van der Waals surface area contributed by atoms with Crippen LogP contribution < -0.4 is 5.32 Å². The molecular formula is C19H20ClN3O4. The predicted molar refractivity (Wildman–Crippen MR) is 102 cm³/mol. The number of H-pyrrole nitrogens is 1. The molecule has 4 rings (SSSR count). The molecule has 0 amide bonds. The molecule has 1 unspecified atom stereocenters. The van der Waals surface area contributed by atoms with E-state index in [4.69, 9.17) is 9.47 Å². The lowest BCUT2D eigenvalue weighted by Gasteiger charge is -2.12. The van der Waals surface area contributed by atoms with Crippen LogP contribution in [0, 0.1) is 0 Å². The second-order valence-corrected chi connectivity index (χ2v) is 6.19. The van der Waals surface area contributed by atoms with E-state index in [1.165, 1.54) is 0 Å². The minimum Gasteiger partial charge on any atom is -0.462 e. The van der Waals surface area contributed by atoms with Crippen LogP contribution in [0.25, 0.3) is 17.1 Å². The molecule has 2 aromatic rings. The van der Waals surface area contributed by atoms with Crippen molar-refractivity contribution in [2.75, 3.05) is 13.2 Å². The van der Waals surface area contributed by atoms with E-state index in [1.54, 1.807) is 25.4 Å². The van der Waals surface area contributed by atoms with E-state index >= 15 is 0 Å². The molecule has 0 aromatic carbocycles. The lowest BCUT2D eigenvalue weighted by atomic mass is 10.1. The summed E-state index contributed by atoms with van der Waals surface area (Å²) in [5.74, 6) is -0.577. The van der Waals surface area contributed by atoms with Gasteiger partial charge >= 0.3 is 5.97 Å². The number of esters is 1. The van der Waals surface area contributed by atoms with Gasteiger partial charge in [0.1, 0.15) is 11.4 Å². The fourth-order valence-corrected chi connectivity index (χ4v) is 3.33. The Kier molecular flexibility index (Phi) is 5.62. The maximum Gasteiger partial charge on any atom is 0.345 e. The van der Waals surface area contributed by atoms with Gasteiger partial charge in [0.05, 0.1) is 12.6 Å². The molecule has 27 heavy (non-hydrogen) atoms. The van der Waals surface area contributed by atoms with Crippen LogP contribution >= 0.6 is 12.4 Å². The number of rotatable bonds is 4. The number of aromatic nitrogens is 2. The van der Waals surface area contributed by atoms with Crippen molar-refractivity contribution in [1.82, 2.24) is 15.3 Å². The number of hydrogen-bond acceptors (Lipinski definition) is 6. The molecule has 0 aliphatic carbocycles. The third-order valence-corrected chi connectivity index (χ3v) is 4.54. The number of carbonyl (C=O) groups excluding carboxylic acids is 2. The number of Topliss-reactive ketones (excluding diaryl/α,β-unsaturated/α-hetero) is 1. The summed E-state index contributed by atoms with van der Waals surface area (Å²) < 4.78 is 10.9. The highest BCUT2D eigenvalue weighted by Crippen LogP contribution is 2.33. The first-order chi connectivity index (χ1) is 12.7. The molecule has 2 aromatic heterocycles. The first-order valence-electron chi connectivity index (χ1n) is 8.70. The number of allylic oxidation sites excluding steroid dienone is 1. The van der Waals surface area contributed by atoms with Crippen LogP contribution in [0.15, 0.2) is 41.6 Å². The van der Waals surface area contributed by atoms with Gasteiger partial charge < -0.3 is 19.8 Å². The van der Waals surface area contributed by atoms with Gasteiger partial charge in [-0.25, -0.2) is 9.78 Å². The summed E-state index contributed by atoms with van der Waals surface area (Å²) in [6.07, 6.45) is 6.88. The molecule has 4 heterocycles. The van der Waals surface area contributed by atoms with Crippen LogP contribution in [-0.4, -0.2) is 40.9 Å². The molecule has 2 aliphatic heterocycles. The molecule has 7 nitrogen and oxygen atoms in total. The summed E-state index contributed by atoms with van der Waals surface area (Å²) in [5, 5.41) is 4.15. The number of hydrogen-bond donors (Lipinski definition) is 2. The number of aromatic amines is 1. The molecule has 8 heteroatoms. The molecule has 2 aliphatic rings. The van der Waals surface area contributed by atoms with Gasteiger partial charge in [0.25, 0.3) is 0 Å². The van der Waals surface area contributed by atoms with Crippen molar-refractivity contribution in [2.45, 2.75) is 25.8 Å². The smallest absolute Gasteiger partial charge is 0.345 e. The Morgan fingerprint density at radius 3 is 3.07 bits per heavy atom. The second-order valence-electron chi connectivity index (χ2n) is 6.19. The number of carbonyl (C=O) groups is 2. The van der Waals surface area contributed by atoms with E-state index in [9.17, 15) is 9.59 Å². The highest BCUT2D eigenvalue weighted by atomic mass is 35.5. The predicted octanol–water partition coefficient (Wildman–Crippen LogP) is 2.49. The summed E-state index contributed by atoms with van der Waals surface area (Å²) in [7, 11) is 0. The Morgan fingerprint density at radius 1 is 1.48 bits per heavy atom. The van der Waals surface area contributed by atoms with Gasteiger partial charge in [0, 0.05) is 23.3 Å². The van der Waals surface area contributed by atoms with E-state index in [-0.39, 0.29) is 36.4 Å². The summed E-state index contributed by atoms with van der Waals surface area (Å²) in [4.78, 5) is 32.5. The minimum absolute atomic E-state index is 0. The average Bonchev–Trinajstić information content (AvgIpc) is 3.36. The lowest BCUT2D eigenvalue weighted by Crippen LogP contribution is -2.26. The van der Waals surface area contributed by atoms with Crippen molar-refractivity contribution in [2.24, 2.45) is 0 Å². The maximum absolute atomic E-state index is 12.8. The maximum atomic E-state index is 12.8. The van der Waals surface area contributed by atoms with Gasteiger partial charge in [-0.1, -0.05) is 0 Å². The molecular weight excluding hydrogens is 370 g/mol. The van der Waals surface area contributed by atoms with E-state index in [1.807, 2.05) is 12.1 Å². The number of halogens is 1. The van der Waals surface area contributed by atoms with Crippen LogP contribution in [0.4, 0.5) is 0 Å². The Labute approximate surface area is 162 Å². The molecule has 0 radical (unpaired) electrons. The topological polar surface area (TPSA) is 93.3 Å². The molecule has 1 fully saturated rings. The third-order valence-electron chi connectivity index (χ3n) is 4.54. The van der Waals surface area contributed by atoms with Crippen LogP contribution in [0.2, 0.25) is 0 Å². The lowest BCUT2D eigenvalue weighted by molar-refractivity contribution is -0.139. The molecule has 0 bridgehead atoms. The highest BCUT2D eigenvalue weighted by Gasteiger charge is 2.40. The van der Waals surface area contributed by atoms with Gasteiger partial charge in [-0.3, -0.25) is 4.79 Å². The van der Waals surface area contributed by atoms with Gasteiger partial charge in [0.15, 0.2) is 11.3 Å². The van der Waals surface area contributed by atoms with E-state index in [0.29, 0.717) is 5.76 Å². The number of fused-ring (bicyclic) bond motifs is 1. The zero-order valence-corrected chi connectivity index (χ0v) is 15.6. The van der Waals surface area contributed by atoms with Crippen molar-refractivity contribution in [3.05, 3.63) is 47.2 Å². The Bertz CT molecular complexity index is 941. The van der Waals surface area contributed by atoms with Crippen LogP contribution in [0.1, 0.15) is 25.3 Å². The zero-order chi connectivity index (χ0) is 18.1. The van der Waals surface area contributed by atoms with Crippen molar-refractivity contribution in [3.8, 4) is 0 Å². The summed E-state index contributed by atoms with van der Waals surface area (Å²) in [6, 6.07) is 3.59. The quantitative estimate of drug-likeness (QED) is 0.474. The molecule has 1 atom stereocenters. The van der Waals surface area contributed by atoms with Crippen LogP contribution in [-0.2, 0) is 19.1 Å². The van der Waals surface area contributed by atoms with E-state index in [0.717, 1.165) is 36.0 Å². The van der Waals surface area contributed by atoms with Gasteiger partial charge in [-0.05, 0) is 44.5 Å². The standard InChI is InChI=1S/C19H19N3O4.ClH/c1-2-25-19(24)15-16(23)14(26-17(15)13-6-4-7-20-13)9-11-10-22-18-12(11)5-3-8-21-18;/h3,5,8-10,13,20H,2,4,6-7H2,1H3,(H,21,22);1H. The summed E-state index contributed by atoms with van der Waals surface area (Å²) in [5.41, 5.74) is 1.50. The SMILES string of the molecule is CCOC(=O)C1=C(C2CCCN2)OC(=Cc2c[nH]c3ncccc23)C1=O.Cl. The molecule has 0 saturated carbocycles. The Balaban J connectivity index is 0.00000210. The zero-order valence-electron chi connectivity index (χ0n) is 14.8. The summed E-state index contributed by atoms with van der Waals surface area (Å²) >= 11 is 0. The minimum atomic E-state index is -0.634. The Morgan fingerprint density at radius 2 is 2.33 bits per heavy atom. The third kappa shape index (κ3) is 3.48. The second kappa shape index (κ2) is 7.94. The normalized spacial score (nSPS) is 20.9. The number of pyridine rings is 1. The molecule has 1 saturated heterocycles. The van der Waals surface area contributed by atoms with Crippen molar-refractivity contribution < 1.29 is 19.1 Å². The molecule has 142 valence electrons. The van der Waals surface area contributed by atoms with Crippen molar-refractivity contribution in [3.63, 3.8) is 0 Å². The summed E-state index contributed by atoms with van der Waals surface area (Å²) in [6.45, 7) is 2.74. The average molecular weight is 390 g/mol. The number of ether oxygens (including phenoxy) is 2. The fourth-order valence-electron chi connectivity index (χ4n) is 3.33. The fraction of sp³-hybridized carbons (Fsp3) is 0.316. The highest BCUT2D eigenvalue weighted by molar-refractivity contribution is 6.26. The molecule has 0 spiro atoms. The Hall–Kier alpha value is -2.64. The van der Waals surface area contributed by atoms with Crippen LogP contribution in [0.3, 0.4) is 0 Å². The number of ketones is 1. The first-order valence-corrected chi connectivity index (χ1v) is 8.70. The molecule has 2 N–H and O–H groups in total. The first kappa shape index (κ1) is 19.1. The number of nitrogens with zero attached hydrogens (tertiary/aromatic N) is 1. The van der Waals surface area contributed by atoms with Crippen LogP contribution in [0.5, 0.6) is 0 Å². The van der Waals surface area contributed by atoms with Gasteiger partial charge in [-0.2, -0.15) is 0 Å².